The maximum Gasteiger partial charge on any atom is 0.310 e. The first kappa shape index (κ1) is 18.9. The van der Waals surface area contributed by atoms with E-state index in [1.807, 2.05) is 29.3 Å². The van der Waals surface area contributed by atoms with Gasteiger partial charge in [0.25, 0.3) is 0 Å². The van der Waals surface area contributed by atoms with Gasteiger partial charge < -0.3 is 4.74 Å². The molecule has 1 fully saturated rings. The van der Waals surface area contributed by atoms with Crippen LogP contribution in [0.3, 0.4) is 0 Å². The Hall–Kier alpha value is -0.390. The number of hydrogen-bond donors (Lipinski definition) is 0. The molecule has 1 aliphatic carbocycles. The molecule has 1 aromatic rings. The number of ether oxygens (including phenoxy) is 1. The summed E-state index contributed by atoms with van der Waals surface area (Å²) in [5, 5.41) is 0. The van der Waals surface area contributed by atoms with E-state index in [0.717, 1.165) is 15.4 Å². The second kappa shape index (κ2) is 8.13. The SMILES string of the molecule is CC1(C)C(C=C(Br)Br)C1C(=O)OCc1ccc(C/C=C\Br)cc1. The average molecular weight is 507 g/mol. The van der Waals surface area contributed by atoms with Crippen LogP contribution in [0.2, 0.25) is 0 Å². The minimum atomic E-state index is -0.121. The van der Waals surface area contributed by atoms with Gasteiger partial charge in [-0.25, -0.2) is 0 Å². The van der Waals surface area contributed by atoms with Crippen LogP contribution in [0.4, 0.5) is 0 Å². The first-order chi connectivity index (χ1) is 10.9. The predicted octanol–water partition coefficient (Wildman–Crippen LogP) is 6.08. The van der Waals surface area contributed by atoms with Gasteiger partial charge in [-0.3, -0.25) is 4.79 Å². The number of carbonyl (C=O) groups is 1. The highest BCUT2D eigenvalue weighted by Crippen LogP contribution is 2.60. The fraction of sp³-hybridized carbons (Fsp3) is 0.389. The molecule has 1 saturated carbocycles. The van der Waals surface area contributed by atoms with Crippen molar-refractivity contribution in [2.24, 2.45) is 17.3 Å². The minimum absolute atomic E-state index is 0.0459. The number of benzene rings is 1. The Labute approximate surface area is 162 Å². The summed E-state index contributed by atoms with van der Waals surface area (Å²) in [7, 11) is 0. The van der Waals surface area contributed by atoms with Crippen molar-refractivity contribution in [3.8, 4) is 0 Å². The lowest BCUT2D eigenvalue weighted by Gasteiger charge is -2.06. The van der Waals surface area contributed by atoms with E-state index in [1.54, 1.807) is 0 Å². The van der Waals surface area contributed by atoms with Crippen LogP contribution < -0.4 is 0 Å². The summed E-state index contributed by atoms with van der Waals surface area (Å²) < 4.78 is 6.38. The summed E-state index contributed by atoms with van der Waals surface area (Å²) >= 11 is 9.99. The van der Waals surface area contributed by atoms with Gasteiger partial charge in [0.05, 0.1) is 9.31 Å². The summed E-state index contributed by atoms with van der Waals surface area (Å²) in [6, 6.07) is 8.14. The van der Waals surface area contributed by atoms with Gasteiger partial charge in [0.1, 0.15) is 6.61 Å². The van der Waals surface area contributed by atoms with Crippen LogP contribution in [0, 0.1) is 17.3 Å². The zero-order chi connectivity index (χ0) is 17.0. The number of allylic oxidation sites excluding steroid dienone is 2. The standard InChI is InChI=1S/C18H19Br3O2/c1-18(2)14(10-15(20)21)16(18)17(22)23-11-13-7-5-12(6-8-13)4-3-9-19/h3,5-10,14,16H,4,11H2,1-2H3/b9-3-. The highest BCUT2D eigenvalue weighted by molar-refractivity contribution is 9.28. The largest absolute Gasteiger partial charge is 0.461 e. The molecule has 2 atom stereocenters. The quantitative estimate of drug-likeness (QED) is 0.437. The maximum atomic E-state index is 12.3. The smallest absolute Gasteiger partial charge is 0.310 e. The summed E-state index contributed by atoms with van der Waals surface area (Å²) in [6.45, 7) is 4.51. The molecular weight excluding hydrogens is 488 g/mol. The van der Waals surface area contributed by atoms with Crippen LogP contribution >= 0.6 is 47.8 Å². The van der Waals surface area contributed by atoms with Crippen molar-refractivity contribution in [3.63, 3.8) is 0 Å². The third-order valence-corrected chi connectivity index (χ3v) is 5.22. The fourth-order valence-corrected chi connectivity index (χ4v) is 3.53. The Bertz CT molecular complexity index is 614. The van der Waals surface area contributed by atoms with Crippen LogP contribution in [0.5, 0.6) is 0 Å². The second-order valence-electron chi connectivity index (χ2n) is 6.27. The van der Waals surface area contributed by atoms with Crippen molar-refractivity contribution in [2.75, 3.05) is 0 Å². The van der Waals surface area contributed by atoms with Gasteiger partial charge in [0, 0.05) is 0 Å². The molecule has 2 rings (SSSR count). The van der Waals surface area contributed by atoms with Gasteiger partial charge in [-0.2, -0.15) is 0 Å². The molecule has 0 aromatic heterocycles. The van der Waals surface area contributed by atoms with E-state index in [4.69, 9.17) is 4.74 Å². The van der Waals surface area contributed by atoms with Gasteiger partial charge in [-0.1, -0.05) is 66.2 Å². The van der Waals surface area contributed by atoms with E-state index in [0.29, 0.717) is 6.61 Å². The van der Waals surface area contributed by atoms with E-state index in [-0.39, 0.29) is 23.2 Å². The lowest BCUT2D eigenvalue weighted by molar-refractivity contribution is -0.147. The van der Waals surface area contributed by atoms with Gasteiger partial charge >= 0.3 is 5.97 Å². The zero-order valence-corrected chi connectivity index (χ0v) is 17.8. The molecule has 0 spiro atoms. The first-order valence-corrected chi connectivity index (χ1v) is 9.89. The molecule has 1 aromatic carbocycles. The van der Waals surface area contributed by atoms with E-state index < -0.39 is 0 Å². The summed E-state index contributed by atoms with van der Waals surface area (Å²) in [6.07, 6.45) is 4.95. The van der Waals surface area contributed by atoms with Crippen molar-refractivity contribution in [3.05, 3.63) is 55.9 Å². The molecule has 2 nitrogen and oxygen atoms in total. The number of rotatable bonds is 6. The van der Waals surface area contributed by atoms with Crippen molar-refractivity contribution >= 4 is 53.8 Å². The number of halogens is 3. The number of carbonyl (C=O) groups excluding carboxylic acids is 1. The average Bonchev–Trinajstić information content (AvgIpc) is 3.03. The molecule has 0 bridgehead atoms. The molecule has 5 heteroatoms. The monoisotopic (exact) mass is 504 g/mol. The highest BCUT2D eigenvalue weighted by atomic mass is 79.9. The van der Waals surface area contributed by atoms with Gasteiger partial charge in [0.2, 0.25) is 0 Å². The molecule has 124 valence electrons. The van der Waals surface area contributed by atoms with Crippen LogP contribution in [0.1, 0.15) is 25.0 Å². The Morgan fingerprint density at radius 1 is 1.22 bits per heavy atom. The first-order valence-electron chi connectivity index (χ1n) is 7.38. The molecule has 0 radical (unpaired) electrons. The van der Waals surface area contributed by atoms with Gasteiger partial charge in [0.15, 0.2) is 0 Å². The molecule has 2 unspecified atom stereocenters. The molecule has 0 saturated heterocycles. The molecule has 0 N–H and O–H groups in total. The van der Waals surface area contributed by atoms with E-state index in [2.05, 4.69) is 73.8 Å². The number of esters is 1. The molecular formula is C18H19Br3O2. The molecule has 23 heavy (non-hydrogen) atoms. The Balaban J connectivity index is 1.89. The molecule has 0 heterocycles. The van der Waals surface area contributed by atoms with Crippen molar-refractivity contribution in [1.29, 1.82) is 0 Å². The van der Waals surface area contributed by atoms with Crippen molar-refractivity contribution < 1.29 is 9.53 Å². The van der Waals surface area contributed by atoms with Crippen molar-refractivity contribution in [1.82, 2.24) is 0 Å². The van der Waals surface area contributed by atoms with E-state index in [9.17, 15) is 4.79 Å². The van der Waals surface area contributed by atoms with Gasteiger partial charge in [-0.05, 0) is 65.7 Å². The zero-order valence-electron chi connectivity index (χ0n) is 13.1. The molecule has 1 aliphatic rings. The van der Waals surface area contributed by atoms with Crippen LogP contribution in [0.15, 0.2) is 44.8 Å². The topological polar surface area (TPSA) is 26.3 Å². The lowest BCUT2D eigenvalue weighted by atomic mass is 10.1. The van der Waals surface area contributed by atoms with E-state index >= 15 is 0 Å². The van der Waals surface area contributed by atoms with Crippen LogP contribution in [0.25, 0.3) is 0 Å². The second-order valence-corrected chi connectivity index (χ2v) is 9.57. The Kier molecular flexibility index (Phi) is 6.69. The molecule has 0 amide bonds. The summed E-state index contributed by atoms with van der Waals surface area (Å²) in [4.78, 5) is 14.2. The summed E-state index contributed by atoms with van der Waals surface area (Å²) in [5.41, 5.74) is 2.19. The van der Waals surface area contributed by atoms with Crippen molar-refractivity contribution in [2.45, 2.75) is 26.9 Å². The predicted molar refractivity (Wildman–Crippen MR) is 105 cm³/mol. The highest BCUT2D eigenvalue weighted by Gasteiger charge is 2.61. The maximum absolute atomic E-state index is 12.3. The van der Waals surface area contributed by atoms with Crippen LogP contribution in [-0.4, -0.2) is 5.97 Å². The van der Waals surface area contributed by atoms with E-state index in [1.165, 1.54) is 5.56 Å². The van der Waals surface area contributed by atoms with Gasteiger partial charge in [-0.15, -0.1) is 0 Å². The Morgan fingerprint density at radius 3 is 2.39 bits per heavy atom. The number of hydrogen-bond acceptors (Lipinski definition) is 2. The van der Waals surface area contributed by atoms with Crippen LogP contribution in [-0.2, 0) is 22.6 Å². The third-order valence-electron chi connectivity index (χ3n) is 4.32. The fourth-order valence-electron chi connectivity index (χ4n) is 2.77. The third kappa shape index (κ3) is 5.04. The lowest BCUT2D eigenvalue weighted by Crippen LogP contribution is -2.10. The Morgan fingerprint density at radius 2 is 1.83 bits per heavy atom. The normalized spacial score (nSPS) is 22.0. The molecule has 0 aliphatic heterocycles. The minimum Gasteiger partial charge on any atom is -0.461 e. The summed E-state index contributed by atoms with van der Waals surface area (Å²) in [5.74, 6) is 0.0157.